The number of aromatic hydroxyl groups is 2. The molecule has 6 rings (SSSR count). The molecule has 17 heteroatoms. The van der Waals surface area contributed by atoms with Gasteiger partial charge >= 0.3 is 23.9 Å². The van der Waals surface area contributed by atoms with Crippen molar-refractivity contribution in [3.8, 4) is 11.5 Å². The van der Waals surface area contributed by atoms with E-state index in [-0.39, 0.29) is 48.0 Å². The molecule has 17 nitrogen and oxygen atoms in total. The average Bonchev–Trinajstić information content (AvgIpc) is 3.40. The Labute approximate surface area is 416 Å². The van der Waals surface area contributed by atoms with E-state index in [0.717, 1.165) is 46.5 Å². The quantitative estimate of drug-likeness (QED) is 0.0474. The van der Waals surface area contributed by atoms with E-state index in [9.17, 15) is 43.5 Å². The summed E-state index contributed by atoms with van der Waals surface area (Å²) < 4.78 is 18.0. The van der Waals surface area contributed by atoms with Crippen LogP contribution in [0.1, 0.15) is 122 Å². The van der Waals surface area contributed by atoms with E-state index in [1.54, 1.807) is 44.2 Å². The molecule has 0 aromatic heterocycles. The molecule has 0 aliphatic rings. The molecule has 0 aliphatic carbocycles. The Morgan fingerprint density at radius 2 is 0.889 bits per heavy atom. The van der Waals surface area contributed by atoms with Gasteiger partial charge in [0, 0.05) is 16.7 Å². The molecule has 0 heterocycles. The summed E-state index contributed by atoms with van der Waals surface area (Å²) >= 11 is 0. The van der Waals surface area contributed by atoms with Gasteiger partial charge < -0.3 is 44.5 Å². The second-order valence-electron chi connectivity index (χ2n) is 14.9. The minimum absolute atomic E-state index is 0.00477. The summed E-state index contributed by atoms with van der Waals surface area (Å²) in [4.78, 5) is 85.5. The highest BCUT2D eigenvalue weighted by Crippen LogP contribution is 2.20. The van der Waals surface area contributed by atoms with Crippen LogP contribution in [0.5, 0.6) is 11.5 Å². The number of carbonyl (C=O) groups excluding carboxylic acids is 8. The van der Waals surface area contributed by atoms with Crippen LogP contribution in [-0.2, 0) is 38.8 Å². The predicted molar refractivity (Wildman–Crippen MR) is 266 cm³/mol. The number of aldehydes is 4. The van der Waals surface area contributed by atoms with E-state index >= 15 is 0 Å². The number of ether oxygens (including phenoxy) is 4. The minimum atomic E-state index is -0.663. The largest absolute Gasteiger partial charge is 0.507 e. The third-order valence-electron chi connectivity index (χ3n) is 9.81. The molecule has 72 heavy (non-hydrogen) atoms. The molecule has 0 saturated heterocycles. The zero-order valence-electron chi connectivity index (χ0n) is 41.0. The first kappa shape index (κ1) is 61.4. The molecule has 0 saturated carbocycles. The molecule has 0 unspecified atom stereocenters. The fourth-order valence-corrected chi connectivity index (χ4v) is 5.67. The number of methoxy groups -OCH3 is 4. The maximum absolute atomic E-state index is 11.2. The first-order chi connectivity index (χ1) is 34.3. The van der Waals surface area contributed by atoms with Gasteiger partial charge in [-0.05, 0) is 116 Å². The lowest BCUT2D eigenvalue weighted by Crippen LogP contribution is -2.07. The highest BCUT2D eigenvalue weighted by atomic mass is 16.5. The van der Waals surface area contributed by atoms with E-state index < -0.39 is 23.9 Å². The van der Waals surface area contributed by atoms with E-state index in [0.29, 0.717) is 46.0 Å². The van der Waals surface area contributed by atoms with Gasteiger partial charge in [0.2, 0.25) is 0 Å². The highest BCUT2D eigenvalue weighted by Gasteiger charge is 2.15. The lowest BCUT2D eigenvalue weighted by molar-refractivity contribution is 0.0583. The minimum Gasteiger partial charge on any atom is -0.507 e. The van der Waals surface area contributed by atoms with Gasteiger partial charge in [-0.3, -0.25) is 19.2 Å². The van der Waals surface area contributed by atoms with Crippen molar-refractivity contribution in [2.75, 3.05) is 28.4 Å². The number of aliphatic hydroxyl groups excluding tert-OH is 3. The molecule has 6 aromatic rings. The summed E-state index contributed by atoms with van der Waals surface area (Å²) in [5.74, 6) is -2.56. The van der Waals surface area contributed by atoms with Crippen molar-refractivity contribution in [3.05, 3.63) is 199 Å². The van der Waals surface area contributed by atoms with Crippen LogP contribution in [0.3, 0.4) is 0 Å². The zero-order chi connectivity index (χ0) is 54.3. The van der Waals surface area contributed by atoms with Crippen molar-refractivity contribution in [3.63, 3.8) is 0 Å². The molecule has 6 aromatic carbocycles. The lowest BCUT2D eigenvalue weighted by Gasteiger charge is -2.05. The molecule has 0 amide bonds. The smallest absolute Gasteiger partial charge is 0.341 e. The van der Waals surface area contributed by atoms with Crippen molar-refractivity contribution in [1.82, 2.24) is 0 Å². The van der Waals surface area contributed by atoms with Gasteiger partial charge in [0.25, 0.3) is 0 Å². The van der Waals surface area contributed by atoms with Crippen LogP contribution in [0.4, 0.5) is 0 Å². The van der Waals surface area contributed by atoms with E-state index in [4.69, 9.17) is 20.4 Å². The van der Waals surface area contributed by atoms with E-state index in [1.165, 1.54) is 70.4 Å². The number of benzene rings is 6. The van der Waals surface area contributed by atoms with Gasteiger partial charge in [-0.15, -0.1) is 0 Å². The summed E-state index contributed by atoms with van der Waals surface area (Å²) in [6.07, 6.45) is 2.68. The van der Waals surface area contributed by atoms with Crippen LogP contribution >= 0.6 is 0 Å². The number of hydrogen-bond donors (Lipinski definition) is 5. The third-order valence-corrected chi connectivity index (χ3v) is 9.81. The van der Waals surface area contributed by atoms with Gasteiger partial charge in [0.05, 0.1) is 70.5 Å². The van der Waals surface area contributed by atoms with Crippen molar-refractivity contribution >= 4 is 49.0 Å². The number of phenolic OH excluding ortho intramolecular Hbond substituents is 2. The van der Waals surface area contributed by atoms with Crippen molar-refractivity contribution < 1.29 is 82.8 Å². The number of aryl methyl sites for hydroxylation is 4. The second-order valence-corrected chi connectivity index (χ2v) is 14.9. The average molecular weight is 991 g/mol. The van der Waals surface area contributed by atoms with Crippen LogP contribution in [0.2, 0.25) is 0 Å². The maximum Gasteiger partial charge on any atom is 0.341 e. The van der Waals surface area contributed by atoms with Gasteiger partial charge in [0.1, 0.15) is 35.9 Å². The van der Waals surface area contributed by atoms with Gasteiger partial charge in [-0.1, -0.05) is 66.2 Å². The summed E-state index contributed by atoms with van der Waals surface area (Å²) in [7, 11) is 5.06. The van der Waals surface area contributed by atoms with Gasteiger partial charge in [-0.2, -0.15) is 0 Å². The molecule has 0 radical (unpaired) electrons. The first-order valence-corrected chi connectivity index (χ1v) is 21.3. The van der Waals surface area contributed by atoms with Crippen LogP contribution < -0.4 is 0 Å². The molecular formula is C55H58O17. The monoisotopic (exact) mass is 990 g/mol. The van der Waals surface area contributed by atoms with E-state index in [1.807, 2.05) is 56.3 Å². The number of esters is 4. The number of rotatable bonds is 11. The maximum atomic E-state index is 11.2. The Morgan fingerprint density at radius 1 is 0.417 bits per heavy atom. The van der Waals surface area contributed by atoms with Crippen molar-refractivity contribution in [2.24, 2.45) is 0 Å². The standard InChI is InChI=1S/C11H12O4.C10H10O5.C9H12O2.C9H8O2.C8H6O3.C8H10O/c1-7-6-8(10(12)14-2)4-5-9(7)11(13)15-3;1-14-9(12)6-3-4-7(8(11)5-6)10(13)15-2;2*1-7-4-8(5-10)2-3-9(7)6-11;9-4-6-1-2-7(5-10)8(11)3-6;1-7-2-4-8(6-9)5-3-7/h4-6H,1-3H3;3-5,11H,1-2H3;2-4,10-11H,5-6H2,1H3;2-6H,1H3;1-5,11H;2-5,9H,6H2,1H3. The van der Waals surface area contributed by atoms with Crippen molar-refractivity contribution in [2.45, 2.75) is 47.5 Å². The fraction of sp³-hybridized carbons (Fsp3) is 0.200. The van der Waals surface area contributed by atoms with Crippen LogP contribution in [0, 0.1) is 27.7 Å². The summed E-state index contributed by atoms with van der Waals surface area (Å²) in [5.41, 5.74) is 9.39. The summed E-state index contributed by atoms with van der Waals surface area (Å²) in [6.45, 7) is 7.76. The SMILES string of the molecule is COC(=O)c1ccc(C(=O)OC)c(C)c1.COC(=O)c1ccc(C(=O)OC)c(O)c1.Cc1cc(C=O)ccc1C=O.Cc1cc(CO)ccc1CO.Cc1ccc(CO)cc1.O=Cc1ccc(C=O)c(O)c1. The van der Waals surface area contributed by atoms with Crippen LogP contribution in [-0.4, -0.2) is 103 Å². The molecule has 5 N–H and O–H groups in total. The Balaban J connectivity index is 0.000000436. The topological polar surface area (TPSA) is 275 Å². The van der Waals surface area contributed by atoms with Crippen LogP contribution in [0.15, 0.2) is 115 Å². The number of aliphatic hydroxyl groups is 3. The molecule has 0 spiro atoms. The molecule has 0 fully saturated rings. The summed E-state index contributed by atoms with van der Waals surface area (Å²) in [5, 5.41) is 44.7. The molecule has 0 bridgehead atoms. The van der Waals surface area contributed by atoms with E-state index in [2.05, 4.69) is 18.9 Å². The van der Waals surface area contributed by atoms with Crippen molar-refractivity contribution in [1.29, 1.82) is 0 Å². The molecule has 0 atom stereocenters. The Kier molecular flexibility index (Phi) is 28.1. The second kappa shape index (κ2) is 33.0. The Hall–Kier alpha value is -8.64. The normalized spacial score (nSPS) is 9.49. The van der Waals surface area contributed by atoms with Gasteiger partial charge in [-0.25, -0.2) is 19.2 Å². The zero-order valence-corrected chi connectivity index (χ0v) is 41.0. The Morgan fingerprint density at radius 3 is 1.31 bits per heavy atom. The lowest BCUT2D eigenvalue weighted by atomic mass is 10.1. The number of hydrogen-bond acceptors (Lipinski definition) is 17. The Bertz CT molecular complexity index is 2620. The molecular weight excluding hydrogens is 933 g/mol. The molecule has 380 valence electrons. The molecule has 0 aliphatic heterocycles. The third kappa shape index (κ3) is 20.5. The first-order valence-electron chi connectivity index (χ1n) is 21.3. The fourth-order valence-electron chi connectivity index (χ4n) is 5.67. The van der Waals surface area contributed by atoms with Gasteiger partial charge in [0.15, 0.2) is 6.29 Å². The summed E-state index contributed by atoms with van der Waals surface area (Å²) in [6, 6.07) is 30.9. The van der Waals surface area contributed by atoms with Crippen LogP contribution in [0.25, 0.3) is 0 Å². The highest BCUT2D eigenvalue weighted by molar-refractivity contribution is 5.96. The predicted octanol–water partition coefficient (Wildman–Crippen LogP) is 7.64. The number of phenols is 2. The number of carbonyl (C=O) groups is 8.